The molecule has 0 saturated heterocycles. The first-order chi connectivity index (χ1) is 11.9. The minimum absolute atomic E-state index is 0.243. The molecule has 0 aromatic heterocycles. The molecule has 2 aromatic carbocycles. The molecule has 5 N–H and O–H groups in total. The maximum Gasteiger partial charge on any atom is 0.258 e. The fourth-order valence-corrected chi connectivity index (χ4v) is 2.54. The second-order valence-corrected chi connectivity index (χ2v) is 6.10. The Hall–Kier alpha value is -2.28. The highest BCUT2D eigenvalue weighted by molar-refractivity contribution is 6.30. The summed E-state index contributed by atoms with van der Waals surface area (Å²) < 4.78 is 5.45. The van der Waals surface area contributed by atoms with Crippen molar-refractivity contribution in [3.8, 4) is 5.75 Å². The quantitative estimate of drug-likeness (QED) is 0.561. The highest BCUT2D eigenvalue weighted by Gasteiger charge is 2.22. The third-order valence-corrected chi connectivity index (χ3v) is 3.93. The first kappa shape index (κ1) is 19.1. The number of hydrogen-bond donors (Lipinski definition) is 4. The second-order valence-electron chi connectivity index (χ2n) is 5.67. The van der Waals surface area contributed by atoms with Crippen LogP contribution in [0.2, 0.25) is 5.02 Å². The van der Waals surface area contributed by atoms with Gasteiger partial charge in [-0.25, -0.2) is 0 Å². The monoisotopic (exact) mass is 364 g/mol. The molecular weight excluding hydrogens is 344 g/mol. The summed E-state index contributed by atoms with van der Waals surface area (Å²) in [4.78, 5) is 12.0. The van der Waals surface area contributed by atoms with Gasteiger partial charge in [0.1, 0.15) is 11.9 Å². The fraction of sp³-hybridized carbons (Fsp3) is 0.278. The van der Waals surface area contributed by atoms with Crippen LogP contribution in [0.3, 0.4) is 0 Å². The van der Waals surface area contributed by atoms with Crippen molar-refractivity contribution in [2.24, 2.45) is 0 Å². The number of aliphatic hydroxyl groups excluding tert-OH is 2. The number of aryl methyl sites for hydroxylation is 1. The summed E-state index contributed by atoms with van der Waals surface area (Å²) >= 11 is 5.87. The maximum absolute atomic E-state index is 12.0. The zero-order valence-corrected chi connectivity index (χ0v) is 14.5. The second kappa shape index (κ2) is 8.71. The zero-order valence-electron chi connectivity index (χ0n) is 13.8. The molecule has 0 fully saturated rings. The first-order valence-electron chi connectivity index (χ1n) is 7.73. The van der Waals surface area contributed by atoms with E-state index in [0.29, 0.717) is 22.0 Å². The van der Waals surface area contributed by atoms with E-state index < -0.39 is 24.7 Å². The zero-order chi connectivity index (χ0) is 18.4. The molecule has 2 atom stereocenters. The topological polar surface area (TPSA) is 105 Å². The van der Waals surface area contributed by atoms with Gasteiger partial charge in [-0.3, -0.25) is 4.79 Å². The molecule has 25 heavy (non-hydrogen) atoms. The largest absolute Gasteiger partial charge is 0.484 e. The van der Waals surface area contributed by atoms with Crippen LogP contribution in [0.15, 0.2) is 42.5 Å². The molecule has 2 unspecified atom stereocenters. The number of amides is 1. The number of nitrogens with one attached hydrogen (secondary N) is 1. The van der Waals surface area contributed by atoms with Crippen LogP contribution in [0.1, 0.15) is 17.2 Å². The Kier molecular flexibility index (Phi) is 6.64. The predicted molar refractivity (Wildman–Crippen MR) is 96.5 cm³/mol. The van der Waals surface area contributed by atoms with Crippen molar-refractivity contribution in [3.63, 3.8) is 0 Å². The van der Waals surface area contributed by atoms with E-state index >= 15 is 0 Å². The normalized spacial score (nSPS) is 13.1. The predicted octanol–water partition coefficient (Wildman–Crippen LogP) is 1.82. The van der Waals surface area contributed by atoms with Gasteiger partial charge in [-0.15, -0.1) is 0 Å². The number of rotatable bonds is 7. The van der Waals surface area contributed by atoms with Gasteiger partial charge in [0.15, 0.2) is 6.61 Å². The van der Waals surface area contributed by atoms with E-state index in [2.05, 4.69) is 5.32 Å². The SMILES string of the molecule is Cc1cc(Cl)ccc1OCC(=O)NC(CO)C(O)c1ccc(N)cc1. The van der Waals surface area contributed by atoms with E-state index in [1.165, 1.54) is 0 Å². The van der Waals surface area contributed by atoms with Crippen LogP contribution in [0.25, 0.3) is 0 Å². The van der Waals surface area contributed by atoms with Crippen molar-refractivity contribution >= 4 is 23.2 Å². The van der Waals surface area contributed by atoms with Gasteiger partial charge in [0, 0.05) is 10.7 Å². The molecule has 2 aromatic rings. The lowest BCUT2D eigenvalue weighted by Gasteiger charge is -2.23. The Morgan fingerprint density at radius 1 is 1.28 bits per heavy atom. The van der Waals surface area contributed by atoms with Gasteiger partial charge in [0.25, 0.3) is 5.91 Å². The van der Waals surface area contributed by atoms with Crippen LogP contribution in [0.4, 0.5) is 5.69 Å². The Morgan fingerprint density at radius 2 is 1.96 bits per heavy atom. The molecule has 2 rings (SSSR count). The Morgan fingerprint density at radius 3 is 2.56 bits per heavy atom. The molecule has 0 bridgehead atoms. The minimum atomic E-state index is -1.06. The smallest absolute Gasteiger partial charge is 0.258 e. The fourth-order valence-electron chi connectivity index (χ4n) is 2.32. The van der Waals surface area contributed by atoms with Crippen molar-refractivity contribution < 1.29 is 19.7 Å². The summed E-state index contributed by atoms with van der Waals surface area (Å²) in [6.45, 7) is 1.16. The summed E-state index contributed by atoms with van der Waals surface area (Å²) in [7, 11) is 0. The van der Waals surface area contributed by atoms with E-state index in [9.17, 15) is 15.0 Å². The summed E-state index contributed by atoms with van der Waals surface area (Å²) in [6.07, 6.45) is -1.06. The van der Waals surface area contributed by atoms with E-state index in [4.69, 9.17) is 22.1 Å². The molecule has 1 amide bonds. The summed E-state index contributed by atoms with van der Waals surface area (Å²) in [5, 5.41) is 22.9. The van der Waals surface area contributed by atoms with E-state index in [1.807, 2.05) is 6.92 Å². The number of carbonyl (C=O) groups is 1. The van der Waals surface area contributed by atoms with Crippen molar-refractivity contribution in [3.05, 3.63) is 58.6 Å². The number of nitrogen functional groups attached to an aromatic ring is 1. The first-order valence-corrected chi connectivity index (χ1v) is 8.11. The number of halogens is 1. The lowest BCUT2D eigenvalue weighted by atomic mass is 10.0. The van der Waals surface area contributed by atoms with Gasteiger partial charge in [0.2, 0.25) is 0 Å². The number of anilines is 1. The lowest BCUT2D eigenvalue weighted by molar-refractivity contribution is -0.125. The summed E-state index contributed by atoms with van der Waals surface area (Å²) in [5.41, 5.74) is 7.52. The summed E-state index contributed by atoms with van der Waals surface area (Å²) in [6, 6.07) is 10.8. The number of benzene rings is 2. The molecule has 0 aliphatic heterocycles. The average molecular weight is 365 g/mol. The third-order valence-electron chi connectivity index (χ3n) is 3.70. The molecule has 6 nitrogen and oxygen atoms in total. The van der Waals surface area contributed by atoms with Crippen LogP contribution >= 0.6 is 11.6 Å². The third kappa shape index (κ3) is 5.35. The molecule has 7 heteroatoms. The number of hydrogen-bond acceptors (Lipinski definition) is 5. The van der Waals surface area contributed by atoms with Crippen LogP contribution in [-0.4, -0.2) is 35.4 Å². The van der Waals surface area contributed by atoms with Crippen molar-refractivity contribution in [1.29, 1.82) is 0 Å². The highest BCUT2D eigenvalue weighted by atomic mass is 35.5. The van der Waals surface area contributed by atoms with Gasteiger partial charge in [-0.1, -0.05) is 23.7 Å². The number of aliphatic hydroxyl groups is 2. The minimum Gasteiger partial charge on any atom is -0.484 e. The van der Waals surface area contributed by atoms with Crippen LogP contribution in [0, 0.1) is 6.92 Å². The molecule has 0 aliphatic rings. The van der Waals surface area contributed by atoms with E-state index in [-0.39, 0.29) is 6.61 Å². The van der Waals surface area contributed by atoms with Crippen LogP contribution in [0.5, 0.6) is 5.75 Å². The number of nitrogens with two attached hydrogens (primary N) is 1. The molecular formula is C18H21ClN2O4. The number of carbonyl (C=O) groups excluding carboxylic acids is 1. The van der Waals surface area contributed by atoms with Gasteiger partial charge >= 0.3 is 0 Å². The van der Waals surface area contributed by atoms with Crippen molar-refractivity contribution in [1.82, 2.24) is 5.32 Å². The van der Waals surface area contributed by atoms with Crippen molar-refractivity contribution in [2.75, 3.05) is 18.9 Å². The summed E-state index contributed by atoms with van der Waals surface area (Å²) in [5.74, 6) is 0.0853. The Labute approximate surface area is 151 Å². The van der Waals surface area contributed by atoms with E-state index in [0.717, 1.165) is 5.56 Å². The van der Waals surface area contributed by atoms with Crippen LogP contribution in [-0.2, 0) is 4.79 Å². The average Bonchev–Trinajstić information content (AvgIpc) is 2.59. The lowest BCUT2D eigenvalue weighted by Crippen LogP contribution is -2.44. The molecule has 0 aliphatic carbocycles. The van der Waals surface area contributed by atoms with Gasteiger partial charge in [-0.05, 0) is 48.4 Å². The Bertz CT molecular complexity index is 722. The molecule has 134 valence electrons. The molecule has 0 radical (unpaired) electrons. The maximum atomic E-state index is 12.0. The standard InChI is InChI=1S/C18H21ClN2O4/c1-11-8-13(19)4-7-16(11)25-10-17(23)21-15(9-22)18(24)12-2-5-14(20)6-3-12/h2-8,15,18,22,24H,9-10,20H2,1H3,(H,21,23). The Balaban J connectivity index is 1.93. The molecule has 0 saturated carbocycles. The van der Waals surface area contributed by atoms with Crippen molar-refractivity contribution in [2.45, 2.75) is 19.1 Å². The number of ether oxygens (including phenoxy) is 1. The van der Waals surface area contributed by atoms with Gasteiger partial charge in [0.05, 0.1) is 12.6 Å². The molecule has 0 heterocycles. The van der Waals surface area contributed by atoms with Gasteiger partial charge in [-0.2, -0.15) is 0 Å². The van der Waals surface area contributed by atoms with Crippen LogP contribution < -0.4 is 15.8 Å². The molecule has 0 spiro atoms. The van der Waals surface area contributed by atoms with Gasteiger partial charge < -0.3 is 26.0 Å². The van der Waals surface area contributed by atoms with E-state index in [1.54, 1.807) is 42.5 Å². The highest BCUT2D eigenvalue weighted by Crippen LogP contribution is 2.22.